The maximum atomic E-state index is 7.86. The van der Waals surface area contributed by atoms with Crippen LogP contribution in [0.4, 0.5) is 0 Å². The summed E-state index contributed by atoms with van der Waals surface area (Å²) in [5.41, 5.74) is 0. The Hall–Kier alpha value is -0.300. The van der Waals surface area contributed by atoms with Gasteiger partial charge in [-0.1, -0.05) is 6.08 Å². The Morgan fingerprint density at radius 2 is 3.25 bits per heavy atom. The highest BCUT2D eigenvalue weighted by molar-refractivity contribution is 4.60. The molecule has 0 bridgehead atoms. The van der Waals surface area contributed by atoms with Gasteiger partial charge in [0.05, 0.1) is 7.98 Å². The highest BCUT2D eigenvalue weighted by Crippen LogP contribution is 1.46. The lowest BCUT2D eigenvalue weighted by Crippen LogP contribution is -1.62. The zero-order valence-corrected chi connectivity index (χ0v) is 2.31. The number of rotatable bonds is 1. The summed E-state index contributed by atoms with van der Waals surface area (Å²) in [6.45, 7) is 1.03. The lowest BCUT2D eigenvalue weighted by molar-refractivity contribution is 0.343. The molecule has 24 valence electrons. The molecule has 0 rings (SSSR count). The van der Waals surface area contributed by atoms with Gasteiger partial charge in [-0.05, 0) is 0 Å². The molecule has 1 N–H and O–H groups in total. The first kappa shape index (κ1) is 1.97. The van der Waals surface area contributed by atoms with Crippen LogP contribution < -0.4 is 0 Å². The summed E-state index contributed by atoms with van der Waals surface area (Å²) >= 11 is 0. The topological polar surface area (TPSA) is 20.2 Å². The molecule has 0 aromatic heterocycles. The molecule has 0 aliphatic carbocycles. The van der Waals surface area contributed by atoms with Crippen LogP contribution in [0.25, 0.3) is 0 Å². The van der Waals surface area contributed by atoms with Crippen molar-refractivity contribution in [1.82, 2.24) is 0 Å². The van der Waals surface area contributed by atoms with E-state index in [1.54, 1.807) is 0 Å². The van der Waals surface area contributed by atoms with E-state index in [-0.39, 0.29) is 6.61 Å². The third-order valence-corrected chi connectivity index (χ3v) is 0.105. The van der Waals surface area contributed by atoms with Crippen LogP contribution in [0.1, 0.15) is 1.37 Å². The molecule has 0 atom stereocenters. The van der Waals surface area contributed by atoms with E-state index in [1.165, 1.54) is 6.08 Å². The summed E-state index contributed by atoms with van der Waals surface area (Å²) in [5, 5.41) is 7.86. The Morgan fingerprint density at radius 1 is 2.50 bits per heavy atom. The first-order valence-electron chi connectivity index (χ1n) is 1.64. The minimum atomic E-state index is -0.0243. The number of aliphatic hydroxyl groups is 1. The van der Waals surface area contributed by atoms with Crippen LogP contribution in [0, 0.1) is 0 Å². The van der Waals surface area contributed by atoms with E-state index >= 15 is 0 Å². The van der Waals surface area contributed by atoms with E-state index in [1.807, 2.05) is 0 Å². The van der Waals surface area contributed by atoms with Crippen molar-refractivity contribution in [1.29, 1.82) is 0 Å². The zero-order valence-electron chi connectivity index (χ0n) is 3.31. The molecule has 1 nitrogen and oxygen atoms in total. The molecule has 0 unspecified atom stereocenters. The van der Waals surface area contributed by atoms with Gasteiger partial charge in [-0.25, -0.2) is 0 Å². The molecule has 0 spiro atoms. The average Bonchev–Trinajstić information content (AvgIpc) is 1.41. The van der Waals surface area contributed by atoms with Crippen molar-refractivity contribution in [3.63, 3.8) is 0 Å². The Bertz CT molecular complexity index is 33.9. The van der Waals surface area contributed by atoms with Crippen molar-refractivity contribution in [2.24, 2.45) is 0 Å². The maximum absolute atomic E-state index is 7.86. The molecule has 0 aromatic carbocycles. The van der Waals surface area contributed by atoms with E-state index in [2.05, 4.69) is 0 Å². The predicted molar refractivity (Wildman–Crippen MR) is 17.3 cm³/mol. The van der Waals surface area contributed by atoms with Gasteiger partial charge in [0.2, 0.25) is 0 Å². The Morgan fingerprint density at radius 3 is 3.25 bits per heavy atom. The van der Waals surface area contributed by atoms with Gasteiger partial charge in [0.25, 0.3) is 0 Å². The molecule has 0 amide bonds. The fraction of sp³-hybridized carbons (Fsp3) is 0.333. The molecule has 0 aromatic rings. The molecule has 1 heteroatoms. The van der Waals surface area contributed by atoms with Crippen LogP contribution in [0.15, 0.2) is 12.6 Å². The quantitative estimate of drug-likeness (QED) is 0.427. The number of aliphatic hydroxyl groups excluding tert-OH is 1. The fourth-order valence-electron chi connectivity index (χ4n) is 0. The SMILES string of the molecule is [2H]C=CCO. The van der Waals surface area contributed by atoms with Crippen molar-refractivity contribution in [2.75, 3.05) is 6.61 Å². The van der Waals surface area contributed by atoms with Crippen molar-refractivity contribution < 1.29 is 6.48 Å². The van der Waals surface area contributed by atoms with Gasteiger partial charge in [-0.15, -0.1) is 6.55 Å². The second kappa shape index (κ2) is 2.70. The summed E-state index contributed by atoms with van der Waals surface area (Å²) < 4.78 is 6.26. The fourth-order valence-corrected chi connectivity index (χ4v) is 0. The first-order valence-corrected chi connectivity index (χ1v) is 1.06. The van der Waals surface area contributed by atoms with Crippen molar-refractivity contribution in [3.8, 4) is 0 Å². The molecule has 0 aliphatic rings. The monoisotopic (exact) mass is 59.0 g/mol. The summed E-state index contributed by atoms with van der Waals surface area (Å²) in [6.07, 6.45) is 1.35. The normalized spacial score (nSPS) is 12.8. The van der Waals surface area contributed by atoms with Gasteiger partial charge >= 0.3 is 0 Å². The highest BCUT2D eigenvalue weighted by Gasteiger charge is 1.45. The number of hydrogen-bond donors (Lipinski definition) is 1. The smallest absolute Gasteiger partial charge is 0.0609 e. The summed E-state index contributed by atoms with van der Waals surface area (Å²) in [5.74, 6) is 0. The van der Waals surface area contributed by atoms with E-state index < -0.39 is 0 Å². The third kappa shape index (κ3) is 1.70. The third-order valence-electron chi connectivity index (χ3n) is 0.105. The predicted octanol–water partition coefficient (Wildman–Crippen LogP) is 0.165. The van der Waals surface area contributed by atoms with E-state index in [9.17, 15) is 0 Å². The lowest BCUT2D eigenvalue weighted by atomic mass is 10.7. The van der Waals surface area contributed by atoms with Gasteiger partial charge in [0.1, 0.15) is 0 Å². The summed E-state index contributed by atoms with van der Waals surface area (Å²) in [6, 6.07) is 0. The summed E-state index contributed by atoms with van der Waals surface area (Å²) in [4.78, 5) is 0. The van der Waals surface area contributed by atoms with E-state index in [0.29, 0.717) is 0 Å². The lowest BCUT2D eigenvalue weighted by Gasteiger charge is -1.60. The van der Waals surface area contributed by atoms with E-state index in [4.69, 9.17) is 6.48 Å². The Balaban J connectivity index is 2.62. The van der Waals surface area contributed by atoms with Crippen LogP contribution in [0.3, 0.4) is 0 Å². The van der Waals surface area contributed by atoms with Crippen molar-refractivity contribution >= 4 is 0 Å². The molecule has 0 saturated heterocycles. The van der Waals surface area contributed by atoms with E-state index in [0.717, 1.165) is 6.55 Å². The van der Waals surface area contributed by atoms with Crippen LogP contribution >= 0.6 is 0 Å². The molecule has 0 aliphatic heterocycles. The molecular weight excluding hydrogens is 52.0 g/mol. The largest absolute Gasteiger partial charge is 0.392 e. The Kier molecular flexibility index (Phi) is 1.33. The number of hydrogen-bond acceptors (Lipinski definition) is 1. The molecule has 0 fully saturated rings. The van der Waals surface area contributed by atoms with Crippen LogP contribution in [-0.2, 0) is 0 Å². The van der Waals surface area contributed by atoms with Crippen molar-refractivity contribution in [2.45, 2.75) is 0 Å². The summed E-state index contributed by atoms with van der Waals surface area (Å²) in [7, 11) is 0. The average molecular weight is 59.1 g/mol. The highest BCUT2D eigenvalue weighted by atomic mass is 16.2. The molecule has 0 radical (unpaired) electrons. The Labute approximate surface area is 27.0 Å². The molecule has 0 saturated carbocycles. The van der Waals surface area contributed by atoms with Gasteiger partial charge in [-0.2, -0.15) is 0 Å². The van der Waals surface area contributed by atoms with Gasteiger partial charge in [0, 0.05) is 0 Å². The van der Waals surface area contributed by atoms with Gasteiger partial charge < -0.3 is 5.11 Å². The second-order valence-corrected chi connectivity index (χ2v) is 0.418. The van der Waals surface area contributed by atoms with Crippen LogP contribution in [0.5, 0.6) is 0 Å². The van der Waals surface area contributed by atoms with Crippen LogP contribution in [0.2, 0.25) is 0 Å². The van der Waals surface area contributed by atoms with Gasteiger partial charge in [0.15, 0.2) is 0 Å². The van der Waals surface area contributed by atoms with Crippen molar-refractivity contribution in [3.05, 3.63) is 12.6 Å². The minimum Gasteiger partial charge on any atom is -0.392 e. The maximum Gasteiger partial charge on any atom is 0.0609 e. The van der Waals surface area contributed by atoms with Gasteiger partial charge in [-0.3, -0.25) is 0 Å². The zero-order chi connectivity index (χ0) is 4.12. The standard InChI is InChI=1S/C3H6O/c1-2-3-4/h2,4H,1,3H2/i1D. The minimum absolute atomic E-state index is 0.0243. The molecule has 0 heterocycles. The first-order chi connectivity index (χ1) is 2.41. The molecular formula is C3H6O. The molecule has 4 heavy (non-hydrogen) atoms. The van der Waals surface area contributed by atoms with Crippen LogP contribution in [-0.4, -0.2) is 11.7 Å². The second-order valence-electron chi connectivity index (χ2n) is 0.418.